The molecule has 314 valence electrons. The van der Waals surface area contributed by atoms with E-state index >= 15 is 0 Å². The highest BCUT2D eigenvalue weighted by molar-refractivity contribution is 6.74. The zero-order valence-electron chi connectivity index (χ0n) is 35.6. The van der Waals surface area contributed by atoms with Crippen LogP contribution in [0.4, 0.5) is 4.79 Å². The molecule has 0 bridgehead atoms. The summed E-state index contributed by atoms with van der Waals surface area (Å²) < 4.78 is 36.8. The molecule has 0 spiro atoms. The van der Waals surface area contributed by atoms with Crippen molar-refractivity contribution in [1.82, 2.24) is 5.32 Å². The van der Waals surface area contributed by atoms with Gasteiger partial charge in [-0.15, -0.1) is 0 Å². The third kappa shape index (κ3) is 21.2. The van der Waals surface area contributed by atoms with Gasteiger partial charge in [0.25, 0.3) is 0 Å². The highest BCUT2D eigenvalue weighted by Crippen LogP contribution is 2.38. The fourth-order valence-electron chi connectivity index (χ4n) is 6.18. The zero-order valence-corrected chi connectivity index (χ0v) is 36.6. The van der Waals surface area contributed by atoms with Gasteiger partial charge in [-0.1, -0.05) is 150 Å². The molecule has 0 aromatic rings. The predicted octanol–water partition coefficient (Wildman–Crippen LogP) is 10.9. The van der Waals surface area contributed by atoms with Gasteiger partial charge in [0, 0.05) is 13.0 Å². The van der Waals surface area contributed by atoms with E-state index in [1.165, 1.54) is 83.0 Å². The highest BCUT2D eigenvalue weighted by Gasteiger charge is 2.51. The Hall–Kier alpha value is -2.21. The molecular weight excluding hydrogens is 703 g/mol. The molecule has 1 aliphatic heterocycles. The monoisotopic (exact) mass is 782 g/mol. The van der Waals surface area contributed by atoms with Gasteiger partial charge in [-0.05, 0) is 37.9 Å². The summed E-state index contributed by atoms with van der Waals surface area (Å²) >= 11 is 0. The number of carbonyl (C=O) groups excluding carboxylic acids is 3. The Morgan fingerprint density at radius 1 is 0.815 bits per heavy atom. The van der Waals surface area contributed by atoms with E-state index in [0.717, 1.165) is 38.5 Å². The second-order valence-electron chi connectivity index (χ2n) is 16.3. The van der Waals surface area contributed by atoms with Gasteiger partial charge in [0.1, 0.15) is 30.6 Å². The fraction of sp³-hybridized carbons (Fsp3) is 0.837. The third-order valence-corrected chi connectivity index (χ3v) is 15.0. The first kappa shape index (κ1) is 49.8. The normalized spacial score (nSPS) is 20.5. The molecular formula is C43H79NO9Si. The molecule has 1 heterocycles. The quantitative estimate of drug-likeness (QED) is 0.0183. The smallest absolute Gasteiger partial charge is 0.471 e. The molecule has 54 heavy (non-hydrogen) atoms. The molecule has 1 aliphatic rings. The van der Waals surface area contributed by atoms with Crippen LogP contribution in [0.2, 0.25) is 18.1 Å². The number of ketones is 1. The second-order valence-corrected chi connectivity index (χ2v) is 21.2. The SMILES string of the molecule is C=CCOC(=O)O[C@H]1[C@H](OCCCCCCCCCC)[C@@H](NC(=O)CC(=O)CCCCCCCCCCC)[C@@H](OC=CC)O[C@@H]1CO[Si](C)(C)C(C)(C)C. The summed E-state index contributed by atoms with van der Waals surface area (Å²) in [6, 6.07) is -0.899. The Labute approximate surface area is 330 Å². The number of allylic oxidation sites excluding steroid dienone is 1. The Bertz CT molecular complexity index is 1060. The maximum Gasteiger partial charge on any atom is 0.509 e. The number of ether oxygens (including phenoxy) is 5. The summed E-state index contributed by atoms with van der Waals surface area (Å²) in [6.45, 7) is 21.1. The van der Waals surface area contributed by atoms with Gasteiger partial charge >= 0.3 is 6.16 Å². The molecule has 11 heteroatoms. The molecule has 0 unspecified atom stereocenters. The summed E-state index contributed by atoms with van der Waals surface area (Å²) in [4.78, 5) is 39.4. The minimum absolute atomic E-state index is 0.0322. The lowest BCUT2D eigenvalue weighted by Crippen LogP contribution is -2.66. The first-order valence-electron chi connectivity index (χ1n) is 21.2. The van der Waals surface area contributed by atoms with E-state index in [9.17, 15) is 14.4 Å². The summed E-state index contributed by atoms with van der Waals surface area (Å²) in [5.41, 5.74) is 0. The van der Waals surface area contributed by atoms with Crippen LogP contribution in [0.1, 0.15) is 164 Å². The van der Waals surface area contributed by atoms with Crippen molar-refractivity contribution in [3.05, 3.63) is 25.0 Å². The Morgan fingerprint density at radius 2 is 1.37 bits per heavy atom. The van der Waals surface area contributed by atoms with E-state index in [1.807, 2.05) is 6.92 Å². The maximum atomic E-state index is 13.5. The Balaban J connectivity index is 3.19. The van der Waals surface area contributed by atoms with Gasteiger partial charge in [0.15, 0.2) is 14.4 Å². The van der Waals surface area contributed by atoms with Crippen LogP contribution in [0, 0.1) is 0 Å². The molecule has 1 rings (SSSR count). The molecule has 0 saturated carbocycles. The second kappa shape index (κ2) is 29.1. The van der Waals surface area contributed by atoms with Crippen LogP contribution < -0.4 is 5.32 Å². The molecule has 5 atom stereocenters. The summed E-state index contributed by atoms with van der Waals surface area (Å²) in [6.07, 6.45) is 19.6. The Morgan fingerprint density at radius 3 is 1.91 bits per heavy atom. The van der Waals surface area contributed by atoms with Crippen LogP contribution in [0.25, 0.3) is 0 Å². The van der Waals surface area contributed by atoms with Crippen LogP contribution in [0.5, 0.6) is 0 Å². The van der Waals surface area contributed by atoms with E-state index < -0.39 is 51.0 Å². The van der Waals surface area contributed by atoms with Crippen LogP contribution >= 0.6 is 0 Å². The predicted molar refractivity (Wildman–Crippen MR) is 220 cm³/mol. The standard InChI is InChI=1S/C43H79NO9Si/c1-10-14-16-18-20-22-23-25-27-29-35(45)33-37(46)44-38-40(48-32-28-26-24-21-19-17-15-11-2)39(53-42(47)50-31-13-4)36(52-41(38)49-30-12-3)34-51-54(8,9)43(5,6)7/h12-13,30,36,38-41H,4,10-11,14-29,31-34H2,1-3,5-9H3,(H,44,46)/t36-,38-,39-,40-,41+/m1/s1. The molecule has 0 aromatic carbocycles. The number of hydrogen-bond donors (Lipinski definition) is 1. The van der Waals surface area contributed by atoms with Gasteiger partial charge < -0.3 is 33.4 Å². The number of nitrogens with one attached hydrogen (secondary N) is 1. The number of rotatable bonds is 31. The van der Waals surface area contributed by atoms with Gasteiger partial charge in [0.2, 0.25) is 12.2 Å². The minimum atomic E-state index is -2.26. The fourth-order valence-corrected chi connectivity index (χ4v) is 7.19. The van der Waals surface area contributed by atoms with Crippen molar-refractivity contribution >= 4 is 26.2 Å². The van der Waals surface area contributed by atoms with E-state index in [4.69, 9.17) is 28.1 Å². The topological polar surface area (TPSA) is 119 Å². The van der Waals surface area contributed by atoms with E-state index in [2.05, 4.69) is 59.6 Å². The zero-order chi connectivity index (χ0) is 40.2. The average molecular weight is 782 g/mol. The maximum absolute atomic E-state index is 13.5. The molecule has 0 aromatic heterocycles. The van der Waals surface area contributed by atoms with Crippen molar-refractivity contribution in [2.75, 3.05) is 19.8 Å². The summed E-state index contributed by atoms with van der Waals surface area (Å²) in [7, 11) is -2.26. The molecule has 1 N–H and O–H groups in total. The molecule has 10 nitrogen and oxygen atoms in total. The van der Waals surface area contributed by atoms with Crippen molar-refractivity contribution in [3.63, 3.8) is 0 Å². The van der Waals surface area contributed by atoms with E-state index in [0.29, 0.717) is 13.0 Å². The van der Waals surface area contributed by atoms with E-state index in [1.54, 1.807) is 6.08 Å². The Kier molecular flexibility index (Phi) is 26.8. The summed E-state index contributed by atoms with van der Waals surface area (Å²) in [5, 5.41) is 2.91. The van der Waals surface area contributed by atoms with Crippen LogP contribution in [0.15, 0.2) is 25.0 Å². The van der Waals surface area contributed by atoms with Crippen molar-refractivity contribution in [3.8, 4) is 0 Å². The van der Waals surface area contributed by atoms with Gasteiger partial charge in [0.05, 0.1) is 19.3 Å². The largest absolute Gasteiger partial charge is 0.509 e. The lowest BCUT2D eigenvalue weighted by molar-refractivity contribution is -0.264. The average Bonchev–Trinajstić information content (AvgIpc) is 3.12. The lowest BCUT2D eigenvalue weighted by atomic mass is 9.95. The van der Waals surface area contributed by atoms with Crippen molar-refractivity contribution < 1.29 is 42.5 Å². The van der Waals surface area contributed by atoms with E-state index in [-0.39, 0.29) is 30.5 Å². The molecule has 0 radical (unpaired) electrons. The first-order chi connectivity index (χ1) is 25.8. The molecule has 0 aliphatic carbocycles. The summed E-state index contributed by atoms with van der Waals surface area (Å²) in [5.74, 6) is -0.570. The van der Waals surface area contributed by atoms with Crippen LogP contribution in [0.3, 0.4) is 0 Å². The third-order valence-electron chi connectivity index (χ3n) is 10.5. The highest BCUT2D eigenvalue weighted by atomic mass is 28.4. The molecule has 1 saturated heterocycles. The molecule has 1 fully saturated rings. The van der Waals surface area contributed by atoms with Crippen molar-refractivity contribution in [2.24, 2.45) is 0 Å². The molecule has 1 amide bonds. The number of Topliss-reactive ketones (excluding diaryl/α,β-unsaturated/α-hetero) is 1. The van der Waals surface area contributed by atoms with Crippen molar-refractivity contribution in [1.29, 1.82) is 0 Å². The van der Waals surface area contributed by atoms with Crippen molar-refractivity contribution in [2.45, 2.75) is 212 Å². The van der Waals surface area contributed by atoms with Crippen LogP contribution in [-0.4, -0.2) is 76.6 Å². The van der Waals surface area contributed by atoms with Gasteiger partial charge in [-0.25, -0.2) is 4.79 Å². The minimum Gasteiger partial charge on any atom is -0.471 e. The number of amides is 1. The van der Waals surface area contributed by atoms with Gasteiger partial charge in [-0.3, -0.25) is 9.59 Å². The van der Waals surface area contributed by atoms with Crippen LogP contribution in [-0.2, 0) is 37.7 Å². The van der Waals surface area contributed by atoms with Gasteiger partial charge in [-0.2, -0.15) is 0 Å². The first-order valence-corrected chi connectivity index (χ1v) is 24.1. The number of carbonyl (C=O) groups is 3. The number of hydrogen-bond acceptors (Lipinski definition) is 9. The lowest BCUT2D eigenvalue weighted by Gasteiger charge is -2.46. The number of unbranched alkanes of at least 4 members (excludes halogenated alkanes) is 15.